The van der Waals surface area contributed by atoms with Crippen molar-refractivity contribution in [2.24, 2.45) is 0 Å². The molecule has 1 heterocycles. The van der Waals surface area contributed by atoms with Gasteiger partial charge in [0, 0.05) is 12.2 Å². The van der Waals surface area contributed by atoms with Crippen LogP contribution in [0.5, 0.6) is 0 Å². The Labute approximate surface area is 127 Å². The molecule has 0 saturated carbocycles. The van der Waals surface area contributed by atoms with Crippen molar-refractivity contribution in [2.75, 3.05) is 16.9 Å². The highest BCUT2D eigenvalue weighted by Crippen LogP contribution is 2.26. The van der Waals surface area contributed by atoms with Crippen LogP contribution in [0.25, 0.3) is 0 Å². The fraction of sp³-hybridized carbons (Fsp3) is 0.429. The summed E-state index contributed by atoms with van der Waals surface area (Å²) in [5.74, 6) is 1.03. The van der Waals surface area contributed by atoms with Gasteiger partial charge in [0.25, 0.3) is 0 Å². The Morgan fingerprint density at radius 2 is 2.25 bits per heavy atom. The van der Waals surface area contributed by atoms with Crippen LogP contribution in [0.15, 0.2) is 18.2 Å². The lowest BCUT2D eigenvalue weighted by molar-refractivity contribution is -0.135. The molecule has 108 valence electrons. The van der Waals surface area contributed by atoms with Gasteiger partial charge in [-0.3, -0.25) is 9.59 Å². The summed E-state index contributed by atoms with van der Waals surface area (Å²) in [6.07, 6.45) is 0.412. The van der Waals surface area contributed by atoms with E-state index < -0.39 is 6.04 Å². The second-order valence-corrected chi connectivity index (χ2v) is 6.11. The van der Waals surface area contributed by atoms with Gasteiger partial charge in [-0.25, -0.2) is 0 Å². The number of nitrogens with zero attached hydrogens (tertiary/aromatic N) is 1. The number of hydrogen-bond acceptors (Lipinski definition) is 3. The van der Waals surface area contributed by atoms with Gasteiger partial charge >= 0.3 is 0 Å². The van der Waals surface area contributed by atoms with Crippen LogP contribution in [0.1, 0.15) is 18.9 Å². The fourth-order valence-corrected chi connectivity index (χ4v) is 3.51. The van der Waals surface area contributed by atoms with Crippen molar-refractivity contribution in [1.82, 2.24) is 4.90 Å². The second-order valence-electron chi connectivity index (χ2n) is 4.71. The van der Waals surface area contributed by atoms with Crippen LogP contribution < -0.4 is 5.32 Å². The maximum Gasteiger partial charge on any atom is 0.248 e. The SMILES string of the molecule is CCC(=O)N1CSC[C@@H]1C(=O)Nc1ccc(C)cc1Cl. The third-order valence-electron chi connectivity index (χ3n) is 3.19. The molecule has 20 heavy (non-hydrogen) atoms. The largest absolute Gasteiger partial charge is 0.323 e. The molecule has 0 bridgehead atoms. The first-order valence-corrected chi connectivity index (χ1v) is 8.00. The van der Waals surface area contributed by atoms with E-state index in [-0.39, 0.29) is 11.8 Å². The van der Waals surface area contributed by atoms with E-state index in [0.29, 0.717) is 28.8 Å². The zero-order valence-corrected chi connectivity index (χ0v) is 13.1. The first-order valence-electron chi connectivity index (χ1n) is 6.47. The van der Waals surface area contributed by atoms with Gasteiger partial charge in [0.2, 0.25) is 11.8 Å². The van der Waals surface area contributed by atoms with E-state index in [2.05, 4.69) is 5.32 Å². The van der Waals surface area contributed by atoms with Crippen molar-refractivity contribution >= 4 is 40.9 Å². The third kappa shape index (κ3) is 3.27. The molecule has 2 amide bonds. The average Bonchev–Trinajstić information content (AvgIpc) is 2.90. The lowest BCUT2D eigenvalue weighted by Gasteiger charge is -2.22. The van der Waals surface area contributed by atoms with Crippen molar-refractivity contribution in [1.29, 1.82) is 0 Å². The monoisotopic (exact) mass is 312 g/mol. The molecule has 6 heteroatoms. The van der Waals surface area contributed by atoms with Gasteiger partial charge in [0.1, 0.15) is 6.04 Å². The van der Waals surface area contributed by atoms with Crippen LogP contribution in [-0.2, 0) is 9.59 Å². The minimum absolute atomic E-state index is 0.00477. The number of thioether (sulfide) groups is 1. The zero-order valence-electron chi connectivity index (χ0n) is 11.5. The standard InChI is InChI=1S/C14H17ClN2O2S/c1-3-13(18)17-8-20-7-12(17)14(19)16-11-5-4-9(2)6-10(11)15/h4-6,12H,3,7-8H2,1-2H3,(H,16,19)/t12-/m1/s1. The van der Waals surface area contributed by atoms with Gasteiger partial charge in [0.15, 0.2) is 0 Å². The lowest BCUT2D eigenvalue weighted by atomic mass is 10.2. The summed E-state index contributed by atoms with van der Waals surface area (Å²) in [6, 6.07) is 5.06. The third-order valence-corrected chi connectivity index (χ3v) is 4.52. The molecule has 1 N–H and O–H groups in total. The van der Waals surface area contributed by atoms with E-state index in [1.807, 2.05) is 13.0 Å². The predicted octanol–water partition coefficient (Wildman–Crippen LogP) is 2.90. The molecule has 4 nitrogen and oxygen atoms in total. The van der Waals surface area contributed by atoms with E-state index in [4.69, 9.17) is 11.6 Å². The summed E-state index contributed by atoms with van der Waals surface area (Å²) < 4.78 is 0. The number of rotatable bonds is 3. The van der Waals surface area contributed by atoms with Crippen LogP contribution in [0.3, 0.4) is 0 Å². The minimum atomic E-state index is -0.412. The molecule has 0 aliphatic carbocycles. The summed E-state index contributed by atoms with van der Waals surface area (Å²) in [7, 11) is 0. The Morgan fingerprint density at radius 1 is 1.50 bits per heavy atom. The number of carbonyl (C=O) groups is 2. The second kappa shape index (κ2) is 6.50. The molecular formula is C14H17ClN2O2S. The van der Waals surface area contributed by atoms with Crippen molar-refractivity contribution in [3.8, 4) is 0 Å². The molecule has 1 aliphatic heterocycles. The maximum absolute atomic E-state index is 12.3. The van der Waals surface area contributed by atoms with Crippen molar-refractivity contribution < 1.29 is 9.59 Å². The van der Waals surface area contributed by atoms with Crippen LogP contribution >= 0.6 is 23.4 Å². The Bertz CT molecular complexity index is 536. The van der Waals surface area contributed by atoms with Gasteiger partial charge < -0.3 is 10.2 Å². The van der Waals surface area contributed by atoms with E-state index >= 15 is 0 Å². The number of hydrogen-bond donors (Lipinski definition) is 1. The van der Waals surface area contributed by atoms with Crippen LogP contribution in [0, 0.1) is 6.92 Å². The Kier molecular flexibility index (Phi) is 4.94. The lowest BCUT2D eigenvalue weighted by Crippen LogP contribution is -2.44. The van der Waals surface area contributed by atoms with E-state index in [1.54, 1.807) is 35.7 Å². The summed E-state index contributed by atoms with van der Waals surface area (Å²) >= 11 is 7.70. The summed E-state index contributed by atoms with van der Waals surface area (Å²) in [4.78, 5) is 25.7. The summed E-state index contributed by atoms with van der Waals surface area (Å²) in [6.45, 7) is 3.74. The van der Waals surface area contributed by atoms with Crippen molar-refractivity contribution in [2.45, 2.75) is 26.3 Å². The molecular weight excluding hydrogens is 296 g/mol. The molecule has 0 spiro atoms. The first-order chi connectivity index (χ1) is 9.52. The highest BCUT2D eigenvalue weighted by molar-refractivity contribution is 7.99. The van der Waals surface area contributed by atoms with Gasteiger partial charge in [0.05, 0.1) is 16.6 Å². The summed E-state index contributed by atoms with van der Waals surface area (Å²) in [5.41, 5.74) is 1.62. The predicted molar refractivity (Wildman–Crippen MR) is 83.1 cm³/mol. The number of halogens is 1. The molecule has 1 aliphatic rings. The average molecular weight is 313 g/mol. The number of carbonyl (C=O) groups excluding carboxylic acids is 2. The molecule has 1 aromatic rings. The number of nitrogens with one attached hydrogen (secondary N) is 1. The summed E-state index contributed by atoms with van der Waals surface area (Å²) in [5, 5.41) is 3.32. The normalized spacial score (nSPS) is 18.1. The molecule has 1 fully saturated rings. The van der Waals surface area contributed by atoms with Gasteiger partial charge in [-0.05, 0) is 24.6 Å². The molecule has 0 aromatic heterocycles. The molecule has 1 aromatic carbocycles. The molecule has 0 unspecified atom stereocenters. The van der Waals surface area contributed by atoms with Crippen LogP contribution in [0.4, 0.5) is 5.69 Å². The van der Waals surface area contributed by atoms with E-state index in [9.17, 15) is 9.59 Å². The van der Waals surface area contributed by atoms with Gasteiger partial charge in [-0.2, -0.15) is 0 Å². The molecule has 1 atom stereocenters. The maximum atomic E-state index is 12.3. The quantitative estimate of drug-likeness (QED) is 0.933. The van der Waals surface area contributed by atoms with E-state index in [0.717, 1.165) is 5.56 Å². The number of benzene rings is 1. The highest BCUT2D eigenvalue weighted by Gasteiger charge is 2.33. The highest BCUT2D eigenvalue weighted by atomic mass is 35.5. The van der Waals surface area contributed by atoms with E-state index in [1.165, 1.54) is 0 Å². The topological polar surface area (TPSA) is 49.4 Å². The molecule has 0 radical (unpaired) electrons. The smallest absolute Gasteiger partial charge is 0.248 e. The Balaban J connectivity index is 2.09. The number of amides is 2. The van der Waals surface area contributed by atoms with Gasteiger partial charge in [-0.15, -0.1) is 11.8 Å². The Hall–Kier alpha value is -1.20. The molecule has 2 rings (SSSR count). The number of anilines is 1. The first kappa shape index (κ1) is 15.2. The van der Waals surface area contributed by atoms with Gasteiger partial charge in [-0.1, -0.05) is 24.6 Å². The van der Waals surface area contributed by atoms with Crippen molar-refractivity contribution in [3.63, 3.8) is 0 Å². The van der Waals surface area contributed by atoms with Crippen molar-refractivity contribution in [3.05, 3.63) is 28.8 Å². The van der Waals surface area contributed by atoms with Crippen LogP contribution in [-0.4, -0.2) is 34.4 Å². The van der Waals surface area contributed by atoms with Crippen LogP contribution in [0.2, 0.25) is 5.02 Å². The Morgan fingerprint density at radius 3 is 2.90 bits per heavy atom. The minimum Gasteiger partial charge on any atom is -0.323 e. The molecule has 1 saturated heterocycles. The fourth-order valence-electron chi connectivity index (χ4n) is 2.05. The number of aryl methyl sites for hydroxylation is 1. The zero-order chi connectivity index (χ0) is 14.7.